The van der Waals surface area contributed by atoms with E-state index in [1.807, 2.05) is 0 Å². The monoisotopic (exact) mass is 290 g/mol. The normalized spacial score (nSPS) is 11.3. The molecular formula is C10H2N12+2. The Balaban J connectivity index is 2.51. The van der Waals surface area contributed by atoms with Crippen molar-refractivity contribution in [1.82, 2.24) is 30.8 Å². The summed E-state index contributed by atoms with van der Waals surface area (Å²) in [5.74, 6) is 0. The molecule has 12 nitrogen and oxygen atoms in total. The summed E-state index contributed by atoms with van der Waals surface area (Å²) in [6.07, 6.45) is 6.70. The zero-order valence-electron chi connectivity index (χ0n) is 10.5. The highest BCUT2D eigenvalue weighted by atomic mass is 15.4. The molecular weight excluding hydrogens is 288 g/mol. The Labute approximate surface area is 121 Å². The van der Waals surface area contributed by atoms with Crippen molar-refractivity contribution in [2.24, 2.45) is 0 Å². The first-order valence-corrected chi connectivity index (χ1v) is 5.52. The number of hydrogen-bond donors (Lipinski definition) is 2. The molecule has 0 atom stereocenters. The summed E-state index contributed by atoms with van der Waals surface area (Å²) < 4.78 is 1.37. The first-order chi connectivity index (χ1) is 10.8. The molecule has 1 aliphatic rings. The van der Waals surface area contributed by atoms with E-state index in [4.69, 9.17) is 21.0 Å². The van der Waals surface area contributed by atoms with Gasteiger partial charge in [-0.2, -0.15) is 30.8 Å². The number of H-pyrrole nitrogens is 2. The third kappa shape index (κ3) is 1.46. The molecule has 3 rings (SSSR count). The second-order valence-electron chi connectivity index (χ2n) is 3.81. The predicted molar refractivity (Wildman–Crippen MR) is 62.2 cm³/mol. The second kappa shape index (κ2) is 4.60. The molecule has 2 N–H and O–H groups in total. The molecule has 0 amide bonds. The topological polar surface area (TPSA) is 184 Å². The SMILES string of the molecule is N#C[N+](C#N)=C1c2n[nH]nc2C(=[N+](C#N)C#N)c2n[nH]nc21. The van der Waals surface area contributed by atoms with Crippen LogP contribution in [0.5, 0.6) is 0 Å². The summed E-state index contributed by atoms with van der Waals surface area (Å²) in [6.45, 7) is 0. The predicted octanol–water partition coefficient (Wildman–Crippen LogP) is -2.14. The van der Waals surface area contributed by atoms with Gasteiger partial charge in [0.25, 0.3) is 0 Å². The first-order valence-electron chi connectivity index (χ1n) is 5.52. The number of nitriles is 4. The molecule has 12 heteroatoms. The van der Waals surface area contributed by atoms with Crippen molar-refractivity contribution in [3.05, 3.63) is 22.8 Å². The molecule has 0 aromatic carbocycles. The summed E-state index contributed by atoms with van der Waals surface area (Å²) in [5.41, 5.74) is 0.532. The van der Waals surface area contributed by atoms with Gasteiger partial charge in [0.05, 0.1) is 0 Å². The zero-order valence-corrected chi connectivity index (χ0v) is 10.5. The van der Waals surface area contributed by atoms with E-state index in [9.17, 15) is 0 Å². The fourth-order valence-electron chi connectivity index (χ4n) is 2.01. The molecule has 0 saturated carbocycles. The summed E-state index contributed by atoms with van der Waals surface area (Å²) >= 11 is 0. The smallest absolute Gasteiger partial charge is 0.197 e. The number of fused-ring (bicyclic) bond motifs is 2. The van der Waals surface area contributed by atoms with Gasteiger partial charge in [-0.15, -0.1) is 0 Å². The van der Waals surface area contributed by atoms with Gasteiger partial charge in [-0.05, 0) is 0 Å². The lowest BCUT2D eigenvalue weighted by Gasteiger charge is -2.09. The lowest BCUT2D eigenvalue weighted by Crippen LogP contribution is -2.31. The Bertz CT molecular complexity index is 860. The number of nitrogens with zero attached hydrogens (tertiary/aromatic N) is 10. The largest absolute Gasteiger partial charge is 0.385 e. The minimum atomic E-state index is 0.0529. The van der Waals surface area contributed by atoms with Crippen molar-refractivity contribution in [3.8, 4) is 24.8 Å². The van der Waals surface area contributed by atoms with Gasteiger partial charge in [0.1, 0.15) is 0 Å². The lowest BCUT2D eigenvalue weighted by atomic mass is 9.97. The van der Waals surface area contributed by atoms with Crippen molar-refractivity contribution >= 4 is 11.4 Å². The average molecular weight is 290 g/mol. The summed E-state index contributed by atoms with van der Waals surface area (Å²) in [4.78, 5) is 0. The van der Waals surface area contributed by atoms with Crippen LogP contribution in [-0.2, 0) is 0 Å². The van der Waals surface area contributed by atoms with Crippen molar-refractivity contribution in [3.63, 3.8) is 0 Å². The van der Waals surface area contributed by atoms with Crippen LogP contribution in [0.1, 0.15) is 22.8 Å². The third-order valence-corrected chi connectivity index (χ3v) is 2.84. The minimum absolute atomic E-state index is 0.0529. The molecule has 0 spiro atoms. The van der Waals surface area contributed by atoms with E-state index < -0.39 is 0 Å². The van der Waals surface area contributed by atoms with Crippen LogP contribution < -0.4 is 0 Å². The maximum Gasteiger partial charge on any atom is 0.385 e. The van der Waals surface area contributed by atoms with Gasteiger partial charge in [0.15, 0.2) is 34.2 Å². The molecule has 0 saturated heterocycles. The van der Waals surface area contributed by atoms with Gasteiger partial charge < -0.3 is 0 Å². The van der Waals surface area contributed by atoms with Crippen LogP contribution in [0.3, 0.4) is 0 Å². The fourth-order valence-corrected chi connectivity index (χ4v) is 2.01. The summed E-state index contributed by atoms with van der Waals surface area (Å²) in [6, 6.07) is 0. The van der Waals surface area contributed by atoms with Gasteiger partial charge in [-0.3, -0.25) is 0 Å². The molecule has 2 heterocycles. The lowest BCUT2D eigenvalue weighted by molar-refractivity contribution is -0.339. The van der Waals surface area contributed by atoms with Crippen molar-refractivity contribution in [2.45, 2.75) is 0 Å². The molecule has 0 unspecified atom stereocenters. The van der Waals surface area contributed by atoms with E-state index >= 15 is 0 Å². The van der Waals surface area contributed by atoms with E-state index in [1.165, 1.54) is 0 Å². The Morgan fingerprint density at radius 3 is 1.09 bits per heavy atom. The highest BCUT2D eigenvalue weighted by Crippen LogP contribution is 2.22. The molecule has 0 fully saturated rings. The van der Waals surface area contributed by atoms with Crippen molar-refractivity contribution in [1.29, 1.82) is 21.0 Å². The Kier molecular flexibility index (Phi) is 2.64. The van der Waals surface area contributed by atoms with Gasteiger partial charge in [0, 0.05) is 21.0 Å². The van der Waals surface area contributed by atoms with Crippen LogP contribution in [-0.4, -0.2) is 51.4 Å². The van der Waals surface area contributed by atoms with Crippen LogP contribution in [0.15, 0.2) is 0 Å². The van der Waals surface area contributed by atoms with Gasteiger partial charge in [-0.1, -0.05) is 9.15 Å². The summed E-state index contributed by atoms with van der Waals surface area (Å²) in [5, 5.41) is 56.4. The van der Waals surface area contributed by atoms with Crippen LogP contribution in [0.2, 0.25) is 0 Å². The average Bonchev–Trinajstić information content (AvgIpc) is 3.19. The van der Waals surface area contributed by atoms with E-state index in [1.54, 1.807) is 24.8 Å². The van der Waals surface area contributed by atoms with Crippen LogP contribution >= 0.6 is 0 Å². The van der Waals surface area contributed by atoms with E-state index in [2.05, 4.69) is 30.8 Å². The number of aromatic nitrogens is 6. The molecule has 22 heavy (non-hydrogen) atoms. The molecule has 1 aliphatic carbocycles. The molecule has 0 bridgehead atoms. The molecule has 2 aromatic rings. The van der Waals surface area contributed by atoms with Gasteiger partial charge >= 0.3 is 24.8 Å². The van der Waals surface area contributed by atoms with Gasteiger partial charge in [-0.25, -0.2) is 0 Å². The standard InChI is InChI=1S/C10N12/c11-1-21(2-12)9-5-7(17-19-15-5)10(22(3-13)4-14)8-6(9)16-20-18-8/p+2. The van der Waals surface area contributed by atoms with E-state index in [-0.39, 0.29) is 34.2 Å². The van der Waals surface area contributed by atoms with Crippen LogP contribution in [0.4, 0.5) is 0 Å². The second-order valence-corrected chi connectivity index (χ2v) is 3.81. The van der Waals surface area contributed by atoms with Crippen molar-refractivity contribution in [2.75, 3.05) is 0 Å². The Morgan fingerprint density at radius 2 is 0.864 bits per heavy atom. The Morgan fingerprint density at radius 1 is 0.591 bits per heavy atom. The highest BCUT2D eigenvalue weighted by molar-refractivity contribution is 6.26. The fraction of sp³-hybridized carbons (Fsp3) is 0. The highest BCUT2D eigenvalue weighted by Gasteiger charge is 2.40. The number of rotatable bonds is 0. The molecule has 0 radical (unpaired) electrons. The van der Waals surface area contributed by atoms with E-state index in [0.29, 0.717) is 9.15 Å². The van der Waals surface area contributed by atoms with Crippen molar-refractivity contribution < 1.29 is 9.15 Å². The van der Waals surface area contributed by atoms with E-state index in [0.717, 1.165) is 0 Å². The summed E-state index contributed by atoms with van der Waals surface area (Å²) in [7, 11) is 0. The third-order valence-electron chi connectivity index (χ3n) is 2.84. The molecule has 0 aliphatic heterocycles. The molecule has 2 aromatic heterocycles. The maximum absolute atomic E-state index is 9.07. The van der Waals surface area contributed by atoms with Crippen LogP contribution in [0.25, 0.3) is 0 Å². The first kappa shape index (κ1) is 12.6. The maximum atomic E-state index is 9.07. The van der Waals surface area contributed by atoms with Gasteiger partial charge in [0.2, 0.25) is 0 Å². The quantitative estimate of drug-likeness (QED) is 0.266. The Hall–Kier alpha value is -4.42. The van der Waals surface area contributed by atoms with Crippen LogP contribution in [0, 0.1) is 45.8 Å². The number of hydrogen-bond acceptors (Lipinski definition) is 8. The molecule has 100 valence electrons. The number of aromatic amines is 2. The zero-order chi connectivity index (χ0) is 15.7. The number of nitrogens with one attached hydrogen (secondary N) is 2. The minimum Gasteiger partial charge on any atom is -0.197 e.